The van der Waals surface area contributed by atoms with Crippen molar-refractivity contribution in [3.63, 3.8) is 0 Å². The Hall–Kier alpha value is -2.08. The number of allylic oxidation sites excluding steroid dienone is 3. The molecule has 152 valence electrons. The molecule has 0 fully saturated rings. The van der Waals surface area contributed by atoms with Gasteiger partial charge in [0.1, 0.15) is 5.75 Å². The number of aliphatic hydroxyl groups excluding tert-OH is 2. The molecule has 1 aromatic carbocycles. The number of hydrogen-bond acceptors (Lipinski definition) is 4. The number of benzene rings is 1. The highest BCUT2D eigenvalue weighted by molar-refractivity contribution is 6.30. The number of rotatable bonds is 11. The van der Waals surface area contributed by atoms with E-state index in [1.165, 1.54) is 0 Å². The standard InChI is InChI=1S/C22H27ClO5/c23-17-8-6-9-18(15-17)28-14-5-4-10-19-16(12-13-20(19)24)7-2-1-3-11-21(25)22(26)27/h1-2,4,6,8-10,12-13,15-16,19-21,24-25H,3,5,7,11,14H2,(H,26,27)/t16-,19+,20+,21?/m0/s1. The van der Waals surface area contributed by atoms with Gasteiger partial charge in [0.05, 0.1) is 12.7 Å². The summed E-state index contributed by atoms with van der Waals surface area (Å²) in [6.45, 7) is 0.531. The Morgan fingerprint density at radius 2 is 2.04 bits per heavy atom. The lowest BCUT2D eigenvalue weighted by Gasteiger charge is -2.17. The summed E-state index contributed by atoms with van der Waals surface area (Å²) in [6, 6.07) is 7.27. The Morgan fingerprint density at radius 3 is 2.79 bits per heavy atom. The van der Waals surface area contributed by atoms with Crippen LogP contribution in [0.25, 0.3) is 0 Å². The van der Waals surface area contributed by atoms with E-state index in [0.29, 0.717) is 18.1 Å². The second-order valence-electron chi connectivity index (χ2n) is 6.78. The number of carbonyl (C=O) groups is 1. The van der Waals surface area contributed by atoms with E-state index >= 15 is 0 Å². The zero-order valence-corrected chi connectivity index (χ0v) is 16.4. The molecule has 0 bridgehead atoms. The minimum atomic E-state index is -1.32. The zero-order chi connectivity index (χ0) is 20.4. The van der Waals surface area contributed by atoms with Crippen molar-refractivity contribution in [3.8, 4) is 5.75 Å². The van der Waals surface area contributed by atoms with Gasteiger partial charge in [-0.3, -0.25) is 0 Å². The molecule has 0 aromatic heterocycles. The third kappa shape index (κ3) is 7.50. The Balaban J connectivity index is 1.71. The summed E-state index contributed by atoms with van der Waals surface area (Å²) in [4.78, 5) is 10.6. The van der Waals surface area contributed by atoms with E-state index in [1.54, 1.807) is 12.1 Å². The number of carboxylic acid groups (broad SMARTS) is 1. The van der Waals surface area contributed by atoms with Gasteiger partial charge in [0, 0.05) is 10.9 Å². The lowest BCUT2D eigenvalue weighted by Crippen LogP contribution is -2.18. The molecule has 3 N–H and O–H groups in total. The molecule has 5 nitrogen and oxygen atoms in total. The summed E-state index contributed by atoms with van der Waals surface area (Å²) in [5, 5.41) is 28.7. The fourth-order valence-electron chi connectivity index (χ4n) is 3.06. The van der Waals surface area contributed by atoms with Crippen LogP contribution in [0.2, 0.25) is 5.02 Å². The summed E-state index contributed by atoms with van der Waals surface area (Å²) in [5.41, 5.74) is 0. The number of carboxylic acids is 1. The maximum absolute atomic E-state index is 10.6. The van der Waals surface area contributed by atoms with Gasteiger partial charge in [-0.25, -0.2) is 4.79 Å². The third-order valence-corrected chi connectivity index (χ3v) is 4.85. The molecule has 0 spiro atoms. The van der Waals surface area contributed by atoms with Crippen molar-refractivity contribution in [2.75, 3.05) is 6.61 Å². The summed E-state index contributed by atoms with van der Waals surface area (Å²) >= 11 is 5.92. The van der Waals surface area contributed by atoms with Crippen molar-refractivity contribution in [2.45, 2.75) is 37.9 Å². The first-order valence-electron chi connectivity index (χ1n) is 9.44. The fourth-order valence-corrected chi connectivity index (χ4v) is 3.24. The van der Waals surface area contributed by atoms with Crippen LogP contribution in [0, 0.1) is 11.8 Å². The van der Waals surface area contributed by atoms with Gasteiger partial charge in [0.2, 0.25) is 0 Å². The Kier molecular flexibility index (Phi) is 9.28. The first-order chi connectivity index (χ1) is 13.5. The summed E-state index contributed by atoms with van der Waals surface area (Å²) in [5.74, 6) is -0.250. The van der Waals surface area contributed by atoms with E-state index in [9.17, 15) is 15.0 Å². The van der Waals surface area contributed by atoms with Crippen LogP contribution in [0.1, 0.15) is 25.7 Å². The van der Waals surface area contributed by atoms with Crippen LogP contribution in [-0.4, -0.2) is 40.1 Å². The molecule has 1 unspecified atom stereocenters. The topological polar surface area (TPSA) is 87.0 Å². The quantitative estimate of drug-likeness (QED) is 0.382. The number of aliphatic carboxylic acids is 1. The Morgan fingerprint density at radius 1 is 1.21 bits per heavy atom. The molecule has 1 aromatic rings. The first kappa shape index (κ1) is 22.2. The molecule has 6 heteroatoms. The van der Waals surface area contributed by atoms with E-state index < -0.39 is 18.2 Å². The van der Waals surface area contributed by atoms with Crippen molar-refractivity contribution in [3.05, 3.63) is 65.7 Å². The molecule has 0 aliphatic heterocycles. The molecule has 28 heavy (non-hydrogen) atoms. The molecule has 1 aliphatic rings. The second-order valence-corrected chi connectivity index (χ2v) is 7.21. The van der Waals surface area contributed by atoms with Crippen molar-refractivity contribution >= 4 is 17.6 Å². The van der Waals surface area contributed by atoms with Gasteiger partial charge >= 0.3 is 5.97 Å². The maximum Gasteiger partial charge on any atom is 0.332 e. The van der Waals surface area contributed by atoms with Gasteiger partial charge in [0.15, 0.2) is 6.10 Å². The average molecular weight is 407 g/mol. The number of ether oxygens (including phenoxy) is 1. The van der Waals surface area contributed by atoms with Crippen LogP contribution in [0.15, 0.2) is 60.7 Å². The predicted octanol–water partition coefficient (Wildman–Crippen LogP) is 4.00. The largest absolute Gasteiger partial charge is 0.493 e. The van der Waals surface area contributed by atoms with Crippen LogP contribution in [0.4, 0.5) is 0 Å². The molecule has 0 saturated carbocycles. The highest BCUT2D eigenvalue weighted by atomic mass is 35.5. The molecular weight excluding hydrogens is 380 g/mol. The average Bonchev–Trinajstić information content (AvgIpc) is 3.01. The van der Waals surface area contributed by atoms with Gasteiger partial charge in [-0.1, -0.05) is 54.1 Å². The third-order valence-electron chi connectivity index (χ3n) is 4.62. The van der Waals surface area contributed by atoms with Gasteiger partial charge in [-0.05, 0) is 49.8 Å². The van der Waals surface area contributed by atoms with Gasteiger partial charge in [0.25, 0.3) is 0 Å². The first-order valence-corrected chi connectivity index (χ1v) is 9.82. The molecular formula is C22H27ClO5. The highest BCUT2D eigenvalue weighted by Crippen LogP contribution is 2.30. The minimum Gasteiger partial charge on any atom is -0.493 e. The summed E-state index contributed by atoms with van der Waals surface area (Å²) in [6.07, 6.45) is 12.1. The van der Waals surface area contributed by atoms with Gasteiger partial charge in [-0.2, -0.15) is 0 Å². The highest BCUT2D eigenvalue weighted by Gasteiger charge is 2.26. The molecule has 0 amide bonds. The van der Waals surface area contributed by atoms with E-state index in [0.717, 1.165) is 18.6 Å². The number of aliphatic hydroxyl groups is 2. The van der Waals surface area contributed by atoms with Crippen molar-refractivity contribution in [1.29, 1.82) is 0 Å². The van der Waals surface area contributed by atoms with Crippen LogP contribution < -0.4 is 4.74 Å². The van der Waals surface area contributed by atoms with Crippen molar-refractivity contribution in [2.24, 2.45) is 11.8 Å². The van der Waals surface area contributed by atoms with Crippen molar-refractivity contribution in [1.82, 2.24) is 0 Å². The Labute approximate surface area is 170 Å². The van der Waals surface area contributed by atoms with Crippen molar-refractivity contribution < 1.29 is 24.9 Å². The lowest BCUT2D eigenvalue weighted by molar-refractivity contribution is -0.146. The SMILES string of the molecule is O=C(O)C(O)CCC=CC[C@H]1C=C[C@@H](O)[C@@H]1C=CCCOc1cccc(Cl)c1. The molecule has 0 heterocycles. The lowest BCUT2D eigenvalue weighted by atomic mass is 9.90. The number of halogens is 1. The Bertz CT molecular complexity index is 713. The second kappa shape index (κ2) is 11.7. The van der Waals surface area contributed by atoms with Crippen LogP contribution in [0.3, 0.4) is 0 Å². The molecule has 2 rings (SSSR count). The van der Waals surface area contributed by atoms with Gasteiger partial charge in [-0.15, -0.1) is 0 Å². The number of hydrogen-bond donors (Lipinski definition) is 3. The van der Waals surface area contributed by atoms with Crippen LogP contribution >= 0.6 is 11.6 Å². The summed E-state index contributed by atoms with van der Waals surface area (Å²) < 4.78 is 5.65. The van der Waals surface area contributed by atoms with E-state index in [4.69, 9.17) is 21.4 Å². The molecule has 1 aliphatic carbocycles. The maximum atomic E-state index is 10.6. The fraction of sp³-hybridized carbons (Fsp3) is 0.409. The smallest absolute Gasteiger partial charge is 0.332 e. The predicted molar refractivity (Wildman–Crippen MR) is 109 cm³/mol. The van der Waals surface area contributed by atoms with Crippen LogP contribution in [-0.2, 0) is 4.79 Å². The van der Waals surface area contributed by atoms with E-state index in [-0.39, 0.29) is 18.3 Å². The van der Waals surface area contributed by atoms with Crippen LogP contribution in [0.5, 0.6) is 5.75 Å². The summed E-state index contributed by atoms with van der Waals surface area (Å²) in [7, 11) is 0. The molecule has 4 atom stereocenters. The zero-order valence-electron chi connectivity index (χ0n) is 15.7. The monoisotopic (exact) mass is 406 g/mol. The van der Waals surface area contributed by atoms with E-state index in [2.05, 4.69) is 0 Å². The molecule has 0 saturated heterocycles. The van der Waals surface area contributed by atoms with Gasteiger partial charge < -0.3 is 20.1 Å². The molecule has 0 radical (unpaired) electrons. The van der Waals surface area contributed by atoms with E-state index in [1.807, 2.05) is 48.6 Å². The normalized spacial score (nSPS) is 22.9. The minimum absolute atomic E-state index is 0.0143.